The van der Waals surface area contributed by atoms with E-state index in [1.165, 1.54) is 12.3 Å². The van der Waals surface area contributed by atoms with Crippen molar-refractivity contribution in [1.29, 1.82) is 0 Å². The average molecular weight is 256 g/mol. The third kappa shape index (κ3) is 2.14. The van der Waals surface area contributed by atoms with Gasteiger partial charge in [-0.3, -0.25) is 9.67 Å². The summed E-state index contributed by atoms with van der Waals surface area (Å²) >= 11 is 0. The van der Waals surface area contributed by atoms with Crippen molar-refractivity contribution in [3.63, 3.8) is 0 Å². The molecule has 0 fully saturated rings. The van der Waals surface area contributed by atoms with Crippen molar-refractivity contribution >= 4 is 0 Å². The third-order valence-corrected chi connectivity index (χ3v) is 2.94. The van der Waals surface area contributed by atoms with Crippen LogP contribution in [0.1, 0.15) is 0 Å². The van der Waals surface area contributed by atoms with Gasteiger partial charge < -0.3 is 4.57 Å². The van der Waals surface area contributed by atoms with Gasteiger partial charge >= 0.3 is 0 Å². The van der Waals surface area contributed by atoms with Crippen molar-refractivity contribution in [3.8, 4) is 22.5 Å². The maximum atomic E-state index is 12.9. The summed E-state index contributed by atoms with van der Waals surface area (Å²) in [7, 11) is 3.83. The quantitative estimate of drug-likeness (QED) is 0.706. The Labute approximate surface area is 110 Å². The SMILES string of the molecule is Cn1ccc(-c2cn(C)nc2-c2ccc(F)cn2)c1. The van der Waals surface area contributed by atoms with Crippen molar-refractivity contribution in [2.24, 2.45) is 14.1 Å². The standard InChI is InChI=1S/C14H13FN4/c1-18-6-5-10(8-18)12-9-19(2)17-14(12)13-4-3-11(15)7-16-13/h3-9H,1-2H3. The van der Waals surface area contributed by atoms with Gasteiger partial charge in [0.05, 0.1) is 11.9 Å². The van der Waals surface area contributed by atoms with Gasteiger partial charge in [-0.1, -0.05) is 0 Å². The predicted molar refractivity (Wildman–Crippen MR) is 70.8 cm³/mol. The van der Waals surface area contributed by atoms with Gasteiger partial charge in [0.15, 0.2) is 0 Å². The van der Waals surface area contributed by atoms with E-state index in [2.05, 4.69) is 10.1 Å². The number of aryl methyl sites for hydroxylation is 2. The largest absolute Gasteiger partial charge is 0.357 e. The molecule has 0 N–H and O–H groups in total. The van der Waals surface area contributed by atoms with Crippen LogP contribution < -0.4 is 0 Å². The molecule has 3 heterocycles. The van der Waals surface area contributed by atoms with E-state index in [9.17, 15) is 4.39 Å². The highest BCUT2D eigenvalue weighted by atomic mass is 19.1. The van der Waals surface area contributed by atoms with Gasteiger partial charge in [0, 0.05) is 43.8 Å². The molecule has 0 aliphatic heterocycles. The third-order valence-electron chi connectivity index (χ3n) is 2.94. The van der Waals surface area contributed by atoms with E-state index in [4.69, 9.17) is 0 Å². The molecule has 0 unspecified atom stereocenters. The maximum absolute atomic E-state index is 12.9. The fourth-order valence-electron chi connectivity index (χ4n) is 2.07. The highest BCUT2D eigenvalue weighted by molar-refractivity contribution is 5.78. The van der Waals surface area contributed by atoms with Gasteiger partial charge in [-0.2, -0.15) is 5.10 Å². The molecule has 0 aliphatic rings. The molecule has 3 aromatic rings. The molecular formula is C14H13FN4. The number of aromatic nitrogens is 4. The average Bonchev–Trinajstić information content (AvgIpc) is 2.96. The first-order valence-electron chi connectivity index (χ1n) is 5.91. The molecule has 0 saturated carbocycles. The molecule has 4 nitrogen and oxygen atoms in total. The highest BCUT2D eigenvalue weighted by Gasteiger charge is 2.13. The van der Waals surface area contributed by atoms with Gasteiger partial charge in [-0.25, -0.2) is 4.39 Å². The fraction of sp³-hybridized carbons (Fsp3) is 0.143. The summed E-state index contributed by atoms with van der Waals surface area (Å²) in [6.07, 6.45) is 7.14. The molecule has 0 amide bonds. The van der Waals surface area contributed by atoms with E-state index in [0.29, 0.717) is 5.69 Å². The molecule has 0 atom stereocenters. The Morgan fingerprint density at radius 1 is 1.11 bits per heavy atom. The first kappa shape index (κ1) is 11.6. The van der Waals surface area contributed by atoms with Crippen LogP contribution in [0.15, 0.2) is 43.0 Å². The summed E-state index contributed by atoms with van der Waals surface area (Å²) in [6, 6.07) is 5.06. The van der Waals surface area contributed by atoms with E-state index < -0.39 is 0 Å². The van der Waals surface area contributed by atoms with Crippen LogP contribution >= 0.6 is 0 Å². The molecule has 0 aromatic carbocycles. The minimum atomic E-state index is -0.346. The molecule has 96 valence electrons. The monoisotopic (exact) mass is 256 g/mol. The molecule has 3 aromatic heterocycles. The van der Waals surface area contributed by atoms with Crippen LogP contribution in [-0.4, -0.2) is 19.3 Å². The lowest BCUT2D eigenvalue weighted by molar-refractivity contribution is 0.621. The first-order valence-corrected chi connectivity index (χ1v) is 5.91. The molecule has 5 heteroatoms. The molecule has 0 radical (unpaired) electrons. The molecule has 0 spiro atoms. The number of halogens is 1. The van der Waals surface area contributed by atoms with Gasteiger partial charge in [0.1, 0.15) is 11.5 Å². The Morgan fingerprint density at radius 3 is 2.58 bits per heavy atom. The summed E-state index contributed by atoms with van der Waals surface area (Å²) in [5, 5.41) is 4.42. The number of nitrogens with zero attached hydrogens (tertiary/aromatic N) is 4. The number of hydrogen-bond donors (Lipinski definition) is 0. The van der Waals surface area contributed by atoms with Crippen LogP contribution in [-0.2, 0) is 14.1 Å². The zero-order chi connectivity index (χ0) is 13.4. The lowest BCUT2D eigenvalue weighted by Crippen LogP contribution is -1.90. The number of hydrogen-bond acceptors (Lipinski definition) is 2. The molecule has 0 saturated heterocycles. The Bertz CT molecular complexity index is 709. The van der Waals surface area contributed by atoms with Crippen LogP contribution in [0.25, 0.3) is 22.5 Å². The van der Waals surface area contributed by atoms with Crippen LogP contribution in [0.3, 0.4) is 0 Å². The van der Waals surface area contributed by atoms with Crippen LogP contribution in [0.4, 0.5) is 4.39 Å². The summed E-state index contributed by atoms with van der Waals surface area (Å²) in [5.74, 6) is -0.346. The molecule has 0 bridgehead atoms. The van der Waals surface area contributed by atoms with E-state index in [0.717, 1.165) is 16.8 Å². The Kier molecular flexibility index (Phi) is 2.67. The van der Waals surface area contributed by atoms with E-state index in [1.807, 2.05) is 43.3 Å². The van der Waals surface area contributed by atoms with E-state index in [1.54, 1.807) is 10.7 Å². The van der Waals surface area contributed by atoms with Crippen molar-refractivity contribution < 1.29 is 4.39 Å². The second kappa shape index (κ2) is 4.35. The molecule has 3 rings (SSSR count). The number of rotatable bonds is 2. The van der Waals surface area contributed by atoms with Gasteiger partial charge in [-0.05, 0) is 18.2 Å². The van der Waals surface area contributed by atoms with E-state index in [-0.39, 0.29) is 5.82 Å². The van der Waals surface area contributed by atoms with Gasteiger partial charge in [0.25, 0.3) is 0 Å². The smallest absolute Gasteiger partial charge is 0.141 e. The van der Waals surface area contributed by atoms with Crippen molar-refractivity contribution in [2.75, 3.05) is 0 Å². The van der Waals surface area contributed by atoms with Crippen LogP contribution in [0, 0.1) is 5.82 Å². The second-order valence-corrected chi connectivity index (χ2v) is 4.49. The summed E-state index contributed by atoms with van der Waals surface area (Å²) in [5.41, 5.74) is 3.48. The zero-order valence-corrected chi connectivity index (χ0v) is 10.7. The zero-order valence-electron chi connectivity index (χ0n) is 10.7. The van der Waals surface area contributed by atoms with E-state index >= 15 is 0 Å². The van der Waals surface area contributed by atoms with Gasteiger partial charge in [-0.15, -0.1) is 0 Å². The summed E-state index contributed by atoms with van der Waals surface area (Å²) in [6.45, 7) is 0. The minimum absolute atomic E-state index is 0.346. The Morgan fingerprint density at radius 2 is 1.95 bits per heavy atom. The topological polar surface area (TPSA) is 35.6 Å². The molecule has 0 aliphatic carbocycles. The van der Waals surface area contributed by atoms with Crippen molar-refractivity contribution in [1.82, 2.24) is 19.3 Å². The lowest BCUT2D eigenvalue weighted by Gasteiger charge is -1.99. The molecular weight excluding hydrogens is 243 g/mol. The Balaban J connectivity index is 2.14. The first-order chi connectivity index (χ1) is 9.13. The summed E-state index contributed by atoms with van der Waals surface area (Å²) in [4.78, 5) is 4.10. The highest BCUT2D eigenvalue weighted by Crippen LogP contribution is 2.29. The Hall–Kier alpha value is -2.43. The number of pyridine rings is 1. The summed E-state index contributed by atoms with van der Waals surface area (Å²) < 4.78 is 16.7. The maximum Gasteiger partial charge on any atom is 0.141 e. The van der Waals surface area contributed by atoms with Gasteiger partial charge in [0.2, 0.25) is 0 Å². The van der Waals surface area contributed by atoms with Crippen LogP contribution in [0.5, 0.6) is 0 Å². The lowest BCUT2D eigenvalue weighted by atomic mass is 10.1. The fourth-order valence-corrected chi connectivity index (χ4v) is 2.07. The van der Waals surface area contributed by atoms with Crippen LogP contribution in [0.2, 0.25) is 0 Å². The molecule has 19 heavy (non-hydrogen) atoms. The van der Waals surface area contributed by atoms with Crippen molar-refractivity contribution in [3.05, 3.63) is 48.8 Å². The predicted octanol–water partition coefficient (Wildman–Crippen LogP) is 2.63. The second-order valence-electron chi connectivity index (χ2n) is 4.49. The minimum Gasteiger partial charge on any atom is -0.357 e. The normalized spacial score (nSPS) is 10.9. The van der Waals surface area contributed by atoms with Crippen molar-refractivity contribution in [2.45, 2.75) is 0 Å².